The summed E-state index contributed by atoms with van der Waals surface area (Å²) in [5.41, 5.74) is 3.04. The van der Waals surface area contributed by atoms with Gasteiger partial charge in [-0.25, -0.2) is 0 Å². The number of benzene rings is 1. The normalized spacial score (nSPS) is 10.6. The molecule has 0 saturated heterocycles. The molecule has 6 heteroatoms. The Morgan fingerprint density at radius 1 is 1.14 bits per heavy atom. The van der Waals surface area contributed by atoms with Crippen LogP contribution in [0.4, 0.5) is 5.69 Å². The molecule has 1 aromatic carbocycles. The molecule has 0 aliphatic heterocycles. The number of anilines is 1. The first-order valence-electron chi connectivity index (χ1n) is 6.76. The molecule has 0 atom stereocenters. The number of hydrogen-bond donors (Lipinski definition) is 2. The van der Waals surface area contributed by atoms with Crippen molar-refractivity contribution in [2.45, 2.75) is 0 Å². The number of carbonyl (C=O) groups excluding carboxylic acids is 2. The van der Waals surface area contributed by atoms with Gasteiger partial charge in [0.25, 0.3) is 11.8 Å². The summed E-state index contributed by atoms with van der Waals surface area (Å²) in [6.45, 7) is 0. The van der Waals surface area contributed by atoms with E-state index in [4.69, 9.17) is 4.42 Å². The molecule has 2 aromatic heterocycles. The van der Waals surface area contributed by atoms with E-state index < -0.39 is 0 Å². The van der Waals surface area contributed by atoms with Crippen molar-refractivity contribution in [1.82, 2.24) is 9.88 Å². The van der Waals surface area contributed by atoms with Gasteiger partial charge in [-0.1, -0.05) is 6.07 Å². The van der Waals surface area contributed by atoms with E-state index in [0.29, 0.717) is 22.5 Å². The number of aryl methyl sites for hydroxylation is 1. The zero-order valence-corrected chi connectivity index (χ0v) is 12.2. The van der Waals surface area contributed by atoms with Crippen molar-refractivity contribution >= 4 is 28.6 Å². The quantitative estimate of drug-likeness (QED) is 0.779. The third kappa shape index (κ3) is 2.35. The van der Waals surface area contributed by atoms with Gasteiger partial charge in [-0.15, -0.1) is 0 Å². The molecule has 0 spiro atoms. The summed E-state index contributed by atoms with van der Waals surface area (Å²) in [7, 11) is 3.36. The van der Waals surface area contributed by atoms with Crippen molar-refractivity contribution in [3.63, 3.8) is 0 Å². The second-order valence-electron chi connectivity index (χ2n) is 4.87. The highest BCUT2D eigenvalue weighted by molar-refractivity contribution is 6.06. The molecular formula is C16H15N3O3. The summed E-state index contributed by atoms with van der Waals surface area (Å²) in [5.74, 6) is -0.463. The first-order valence-corrected chi connectivity index (χ1v) is 6.76. The van der Waals surface area contributed by atoms with Crippen LogP contribution in [0.25, 0.3) is 11.1 Å². The van der Waals surface area contributed by atoms with Crippen LogP contribution in [0.1, 0.15) is 20.8 Å². The largest absolute Gasteiger partial charge is 0.463 e. The Hall–Kier alpha value is -3.02. The van der Waals surface area contributed by atoms with Gasteiger partial charge in [0.05, 0.1) is 11.8 Å². The molecule has 0 saturated carbocycles. The first-order chi connectivity index (χ1) is 10.6. The van der Waals surface area contributed by atoms with E-state index in [1.165, 1.54) is 0 Å². The molecule has 0 radical (unpaired) electrons. The molecule has 6 nitrogen and oxygen atoms in total. The second kappa shape index (κ2) is 5.40. The third-order valence-electron chi connectivity index (χ3n) is 3.51. The Morgan fingerprint density at radius 2 is 1.95 bits per heavy atom. The number of hydrogen-bond acceptors (Lipinski definition) is 3. The highest BCUT2D eigenvalue weighted by atomic mass is 16.3. The van der Waals surface area contributed by atoms with Crippen LogP contribution in [0.5, 0.6) is 0 Å². The van der Waals surface area contributed by atoms with Crippen LogP contribution in [0, 0.1) is 0 Å². The molecule has 0 aliphatic carbocycles. The maximum atomic E-state index is 12.4. The number of amides is 2. The fraction of sp³-hybridized carbons (Fsp3) is 0.125. The Kier molecular flexibility index (Phi) is 3.42. The molecule has 0 aliphatic rings. The molecule has 0 fully saturated rings. The highest BCUT2D eigenvalue weighted by Crippen LogP contribution is 2.20. The monoisotopic (exact) mass is 297 g/mol. The molecule has 22 heavy (non-hydrogen) atoms. The SMILES string of the molecule is CNC(=O)c1cccc(NC(=O)c2cc3occc3n2C)c1. The maximum Gasteiger partial charge on any atom is 0.272 e. The Balaban J connectivity index is 1.86. The standard InChI is InChI=1S/C16H15N3O3/c1-17-15(20)10-4-3-5-11(8-10)18-16(21)13-9-14-12(19(13)2)6-7-22-14/h3-9H,1-2H3,(H,17,20)(H,18,21). The number of nitrogens with one attached hydrogen (secondary N) is 2. The van der Waals surface area contributed by atoms with Crippen LogP contribution in [-0.2, 0) is 7.05 Å². The van der Waals surface area contributed by atoms with Crippen molar-refractivity contribution in [2.24, 2.45) is 7.05 Å². The molecule has 2 heterocycles. The Bertz CT molecular complexity index is 861. The van der Waals surface area contributed by atoms with Crippen molar-refractivity contribution in [1.29, 1.82) is 0 Å². The van der Waals surface area contributed by atoms with Crippen molar-refractivity contribution in [2.75, 3.05) is 12.4 Å². The van der Waals surface area contributed by atoms with Gasteiger partial charge in [-0.2, -0.15) is 0 Å². The van der Waals surface area contributed by atoms with Crippen LogP contribution in [0.15, 0.2) is 47.1 Å². The molecule has 2 N–H and O–H groups in total. The Labute approximate surface area is 126 Å². The highest BCUT2D eigenvalue weighted by Gasteiger charge is 2.15. The number of carbonyl (C=O) groups is 2. The average molecular weight is 297 g/mol. The van der Waals surface area contributed by atoms with Crippen LogP contribution < -0.4 is 10.6 Å². The molecule has 3 aromatic rings. The summed E-state index contributed by atoms with van der Waals surface area (Å²) < 4.78 is 7.05. The van der Waals surface area contributed by atoms with Crippen molar-refractivity contribution in [3.8, 4) is 0 Å². The third-order valence-corrected chi connectivity index (χ3v) is 3.51. The second-order valence-corrected chi connectivity index (χ2v) is 4.87. The summed E-state index contributed by atoms with van der Waals surface area (Å²) in [5, 5.41) is 5.34. The van der Waals surface area contributed by atoms with E-state index in [2.05, 4.69) is 10.6 Å². The van der Waals surface area contributed by atoms with Crippen molar-refractivity contribution < 1.29 is 14.0 Å². The van der Waals surface area contributed by atoms with E-state index in [9.17, 15) is 9.59 Å². The van der Waals surface area contributed by atoms with Crippen LogP contribution in [0.2, 0.25) is 0 Å². The van der Waals surface area contributed by atoms with Gasteiger partial charge in [0.15, 0.2) is 5.58 Å². The van der Waals surface area contributed by atoms with E-state index in [-0.39, 0.29) is 11.8 Å². The summed E-state index contributed by atoms with van der Waals surface area (Å²) in [6.07, 6.45) is 1.58. The zero-order chi connectivity index (χ0) is 15.7. The van der Waals surface area contributed by atoms with Gasteiger partial charge in [-0.3, -0.25) is 9.59 Å². The van der Waals surface area contributed by atoms with E-state index in [1.54, 1.807) is 61.3 Å². The topological polar surface area (TPSA) is 76.3 Å². The average Bonchev–Trinajstić information content (AvgIpc) is 3.10. The van der Waals surface area contributed by atoms with Crippen molar-refractivity contribution in [3.05, 3.63) is 53.9 Å². The minimum absolute atomic E-state index is 0.201. The van der Waals surface area contributed by atoms with Gasteiger partial charge >= 0.3 is 0 Å². The van der Waals surface area contributed by atoms with E-state index in [0.717, 1.165) is 5.52 Å². The lowest BCUT2D eigenvalue weighted by molar-refractivity contribution is 0.0961. The summed E-state index contributed by atoms with van der Waals surface area (Å²) in [4.78, 5) is 24.0. The lowest BCUT2D eigenvalue weighted by atomic mass is 10.2. The number of rotatable bonds is 3. The van der Waals surface area contributed by atoms with E-state index >= 15 is 0 Å². The predicted octanol–water partition coefficient (Wildman–Crippen LogP) is 2.38. The number of fused-ring (bicyclic) bond motifs is 1. The number of furan rings is 1. The maximum absolute atomic E-state index is 12.4. The van der Waals surface area contributed by atoms with Crippen LogP contribution >= 0.6 is 0 Å². The molecule has 3 rings (SSSR count). The fourth-order valence-corrected chi connectivity index (χ4v) is 2.35. The van der Waals surface area contributed by atoms with E-state index in [1.807, 2.05) is 0 Å². The lowest BCUT2D eigenvalue weighted by Crippen LogP contribution is -2.19. The zero-order valence-electron chi connectivity index (χ0n) is 12.2. The lowest BCUT2D eigenvalue weighted by Gasteiger charge is -2.08. The molecule has 2 amide bonds. The minimum Gasteiger partial charge on any atom is -0.463 e. The van der Waals surface area contributed by atoms with Gasteiger partial charge in [0.2, 0.25) is 0 Å². The molecule has 0 bridgehead atoms. The smallest absolute Gasteiger partial charge is 0.272 e. The number of nitrogens with zero attached hydrogens (tertiary/aromatic N) is 1. The summed E-state index contributed by atoms with van der Waals surface area (Å²) >= 11 is 0. The van der Waals surface area contributed by atoms with Gasteiger partial charge < -0.3 is 19.6 Å². The van der Waals surface area contributed by atoms with Crippen LogP contribution in [-0.4, -0.2) is 23.4 Å². The van der Waals surface area contributed by atoms with Crippen LogP contribution in [0.3, 0.4) is 0 Å². The van der Waals surface area contributed by atoms with Gasteiger partial charge in [0, 0.05) is 37.5 Å². The predicted molar refractivity (Wildman–Crippen MR) is 83.0 cm³/mol. The molecular weight excluding hydrogens is 282 g/mol. The van der Waals surface area contributed by atoms with Gasteiger partial charge in [0.1, 0.15) is 5.69 Å². The Morgan fingerprint density at radius 3 is 2.68 bits per heavy atom. The fourth-order valence-electron chi connectivity index (χ4n) is 2.35. The molecule has 0 unspecified atom stereocenters. The van der Waals surface area contributed by atoms with Gasteiger partial charge in [-0.05, 0) is 18.2 Å². The minimum atomic E-state index is -0.261. The summed E-state index contributed by atoms with van der Waals surface area (Å²) in [6, 6.07) is 10.3. The molecule has 112 valence electrons. The first kappa shape index (κ1) is 13.9. The number of aromatic nitrogens is 1.